The van der Waals surface area contributed by atoms with E-state index >= 15 is 0 Å². The second-order valence-electron chi connectivity index (χ2n) is 5.90. The van der Waals surface area contributed by atoms with Crippen molar-refractivity contribution in [3.05, 3.63) is 41.5 Å². The molecule has 0 heterocycles. The highest BCUT2D eigenvalue weighted by Gasteiger charge is 2.26. The van der Waals surface area contributed by atoms with Gasteiger partial charge in [0.25, 0.3) is 5.91 Å². The number of aliphatic hydroxyl groups is 1. The van der Waals surface area contributed by atoms with E-state index in [0.717, 1.165) is 5.39 Å². The normalized spacial score (nSPS) is 10.3. The SMILES string of the molecule is COC(=O)CN(CCCCO)C(=O)c1c(OC)c(C#N)cc2ccccc12. The number of nitriles is 1. The Balaban J connectivity index is 2.57. The molecular weight excluding hydrogens is 348 g/mol. The van der Waals surface area contributed by atoms with E-state index in [4.69, 9.17) is 14.6 Å². The molecule has 0 atom stereocenters. The minimum Gasteiger partial charge on any atom is -0.495 e. The van der Waals surface area contributed by atoms with Crippen LogP contribution in [0.5, 0.6) is 5.75 Å². The zero-order valence-electron chi connectivity index (χ0n) is 15.4. The van der Waals surface area contributed by atoms with Crippen LogP contribution in [0.4, 0.5) is 0 Å². The van der Waals surface area contributed by atoms with Gasteiger partial charge in [-0.05, 0) is 29.7 Å². The molecule has 0 unspecified atom stereocenters. The Morgan fingerprint density at radius 1 is 1.22 bits per heavy atom. The van der Waals surface area contributed by atoms with Crippen LogP contribution in [-0.4, -0.2) is 55.8 Å². The van der Waals surface area contributed by atoms with E-state index in [9.17, 15) is 14.9 Å². The number of amides is 1. The largest absolute Gasteiger partial charge is 0.495 e. The maximum Gasteiger partial charge on any atom is 0.325 e. The molecule has 0 fully saturated rings. The number of esters is 1. The molecule has 1 amide bonds. The molecule has 7 heteroatoms. The summed E-state index contributed by atoms with van der Waals surface area (Å²) in [7, 11) is 2.66. The summed E-state index contributed by atoms with van der Waals surface area (Å²) in [6.45, 7) is 0.0359. The molecule has 0 saturated carbocycles. The van der Waals surface area contributed by atoms with Crippen molar-refractivity contribution in [2.45, 2.75) is 12.8 Å². The highest BCUT2D eigenvalue weighted by atomic mass is 16.5. The Kier molecular flexibility index (Phi) is 7.15. The number of nitrogens with zero attached hydrogens (tertiary/aromatic N) is 2. The summed E-state index contributed by atoms with van der Waals surface area (Å²) in [5, 5.41) is 19.8. The average Bonchev–Trinajstić information content (AvgIpc) is 2.70. The number of hydrogen-bond donors (Lipinski definition) is 1. The number of benzene rings is 2. The summed E-state index contributed by atoms with van der Waals surface area (Å²) in [6, 6.07) is 10.9. The summed E-state index contributed by atoms with van der Waals surface area (Å²) in [5.74, 6) is -0.797. The number of rotatable bonds is 8. The molecule has 2 aromatic rings. The predicted octanol–water partition coefficient (Wildman–Crippen LogP) is 2.11. The first-order valence-electron chi connectivity index (χ1n) is 8.54. The quantitative estimate of drug-likeness (QED) is 0.564. The minimum absolute atomic E-state index is 0.00355. The van der Waals surface area contributed by atoms with Crippen LogP contribution in [0.1, 0.15) is 28.8 Å². The van der Waals surface area contributed by atoms with Gasteiger partial charge in [0.15, 0.2) is 0 Å². The second kappa shape index (κ2) is 9.55. The smallest absolute Gasteiger partial charge is 0.325 e. The highest BCUT2D eigenvalue weighted by molar-refractivity contribution is 6.11. The fourth-order valence-corrected chi connectivity index (χ4v) is 2.88. The minimum atomic E-state index is -0.549. The van der Waals surface area contributed by atoms with Crippen molar-refractivity contribution in [2.75, 3.05) is 33.9 Å². The van der Waals surface area contributed by atoms with Gasteiger partial charge in [-0.15, -0.1) is 0 Å². The number of unbranched alkanes of at least 4 members (excludes halogenated alkanes) is 1. The van der Waals surface area contributed by atoms with Crippen molar-refractivity contribution in [3.63, 3.8) is 0 Å². The Labute approximate surface area is 157 Å². The van der Waals surface area contributed by atoms with Crippen molar-refractivity contribution in [3.8, 4) is 11.8 Å². The maximum atomic E-state index is 13.3. The average molecular weight is 370 g/mol. The lowest BCUT2D eigenvalue weighted by molar-refractivity contribution is -0.141. The first kappa shape index (κ1) is 20.2. The Hall–Kier alpha value is -3.11. The zero-order chi connectivity index (χ0) is 19.8. The number of carbonyl (C=O) groups is 2. The van der Waals surface area contributed by atoms with Crippen LogP contribution < -0.4 is 4.74 Å². The number of aliphatic hydroxyl groups excluding tert-OH is 1. The van der Waals surface area contributed by atoms with Crippen LogP contribution >= 0.6 is 0 Å². The van der Waals surface area contributed by atoms with Gasteiger partial charge >= 0.3 is 5.97 Å². The molecule has 7 nitrogen and oxygen atoms in total. The van der Waals surface area contributed by atoms with Gasteiger partial charge in [-0.25, -0.2) is 0 Å². The van der Waals surface area contributed by atoms with Crippen LogP contribution in [0.15, 0.2) is 30.3 Å². The molecule has 0 aromatic heterocycles. The van der Waals surface area contributed by atoms with Crippen LogP contribution in [0.2, 0.25) is 0 Å². The molecule has 142 valence electrons. The molecule has 0 aliphatic heterocycles. The molecule has 0 spiro atoms. The van der Waals surface area contributed by atoms with Gasteiger partial charge in [-0.3, -0.25) is 9.59 Å². The van der Waals surface area contributed by atoms with Crippen molar-refractivity contribution in [2.24, 2.45) is 0 Å². The molecule has 2 rings (SSSR count). The number of fused-ring (bicyclic) bond motifs is 1. The van der Waals surface area contributed by atoms with Crippen LogP contribution in [-0.2, 0) is 9.53 Å². The standard InChI is InChI=1S/C20H22N2O5/c1-26-17(24)13-22(9-5-6-10-23)20(25)18-16-8-4-3-7-14(16)11-15(12-21)19(18)27-2/h3-4,7-8,11,23H,5-6,9-10,13H2,1-2H3. The van der Waals surface area contributed by atoms with Crippen LogP contribution in [0, 0.1) is 11.3 Å². The predicted molar refractivity (Wildman–Crippen MR) is 99.5 cm³/mol. The van der Waals surface area contributed by atoms with Gasteiger partial charge in [0.1, 0.15) is 18.4 Å². The molecule has 0 aliphatic rings. The number of hydrogen-bond acceptors (Lipinski definition) is 6. The van der Waals surface area contributed by atoms with Gasteiger partial charge in [-0.1, -0.05) is 24.3 Å². The van der Waals surface area contributed by atoms with E-state index in [2.05, 4.69) is 6.07 Å². The maximum absolute atomic E-state index is 13.3. The molecule has 1 N–H and O–H groups in total. The third-order valence-corrected chi connectivity index (χ3v) is 4.21. The molecule has 0 saturated heterocycles. The van der Waals surface area contributed by atoms with E-state index in [0.29, 0.717) is 18.2 Å². The Morgan fingerprint density at radius 2 is 1.96 bits per heavy atom. The molecule has 0 bridgehead atoms. The van der Waals surface area contributed by atoms with Gasteiger partial charge < -0.3 is 19.5 Å². The lowest BCUT2D eigenvalue weighted by Crippen LogP contribution is -2.37. The fraction of sp³-hybridized carbons (Fsp3) is 0.350. The Bertz CT molecular complexity index is 873. The number of carbonyl (C=O) groups excluding carboxylic acids is 2. The molecule has 0 aliphatic carbocycles. The van der Waals surface area contributed by atoms with E-state index in [1.54, 1.807) is 18.2 Å². The molecule has 2 aromatic carbocycles. The number of ether oxygens (including phenoxy) is 2. The van der Waals surface area contributed by atoms with E-state index < -0.39 is 11.9 Å². The van der Waals surface area contributed by atoms with Gasteiger partial charge in [0.2, 0.25) is 0 Å². The lowest BCUT2D eigenvalue weighted by atomic mass is 9.98. The van der Waals surface area contributed by atoms with E-state index in [-0.39, 0.29) is 36.6 Å². The van der Waals surface area contributed by atoms with Crippen molar-refractivity contribution in [1.82, 2.24) is 4.90 Å². The summed E-state index contributed by atoms with van der Waals surface area (Å²) >= 11 is 0. The van der Waals surface area contributed by atoms with Gasteiger partial charge in [0.05, 0.1) is 25.3 Å². The highest BCUT2D eigenvalue weighted by Crippen LogP contribution is 2.33. The zero-order valence-corrected chi connectivity index (χ0v) is 15.4. The molecule has 0 radical (unpaired) electrons. The summed E-state index contributed by atoms with van der Waals surface area (Å²) < 4.78 is 10.1. The first-order chi connectivity index (χ1) is 13.1. The molecule has 27 heavy (non-hydrogen) atoms. The Morgan fingerprint density at radius 3 is 2.59 bits per heavy atom. The summed E-state index contributed by atoms with van der Waals surface area (Å²) in [6.07, 6.45) is 1.03. The first-order valence-corrected chi connectivity index (χ1v) is 8.54. The van der Waals surface area contributed by atoms with Crippen molar-refractivity contribution in [1.29, 1.82) is 5.26 Å². The van der Waals surface area contributed by atoms with Gasteiger partial charge in [0, 0.05) is 13.2 Å². The van der Waals surface area contributed by atoms with Crippen LogP contribution in [0.3, 0.4) is 0 Å². The third-order valence-electron chi connectivity index (χ3n) is 4.21. The summed E-state index contributed by atoms with van der Waals surface area (Å²) in [5.41, 5.74) is 0.480. The van der Waals surface area contributed by atoms with E-state index in [1.165, 1.54) is 19.1 Å². The number of methoxy groups -OCH3 is 2. The third kappa shape index (κ3) is 4.54. The summed E-state index contributed by atoms with van der Waals surface area (Å²) in [4.78, 5) is 26.5. The van der Waals surface area contributed by atoms with Crippen LogP contribution in [0.25, 0.3) is 10.8 Å². The fourth-order valence-electron chi connectivity index (χ4n) is 2.88. The van der Waals surface area contributed by atoms with Crippen molar-refractivity contribution < 1.29 is 24.2 Å². The second-order valence-corrected chi connectivity index (χ2v) is 5.90. The topological polar surface area (TPSA) is 99.9 Å². The molecular formula is C20H22N2O5. The van der Waals surface area contributed by atoms with E-state index in [1.807, 2.05) is 12.1 Å². The lowest BCUT2D eigenvalue weighted by Gasteiger charge is -2.23. The van der Waals surface area contributed by atoms with Crippen molar-refractivity contribution >= 4 is 22.6 Å². The van der Waals surface area contributed by atoms with Gasteiger partial charge in [-0.2, -0.15) is 5.26 Å². The monoisotopic (exact) mass is 370 g/mol.